The molecule has 2 aliphatic heterocycles. The van der Waals surface area contributed by atoms with Gasteiger partial charge in [-0.15, -0.1) is 5.10 Å². The number of nitrogens with zero attached hydrogens (tertiary/aromatic N) is 4. The highest BCUT2D eigenvalue weighted by Crippen LogP contribution is 2.39. The number of nitrogens with two attached hydrogens (primary N) is 1. The van der Waals surface area contributed by atoms with Gasteiger partial charge in [0, 0.05) is 43.4 Å². The molecule has 186 valence electrons. The van der Waals surface area contributed by atoms with Crippen molar-refractivity contribution in [2.75, 3.05) is 48.8 Å². The second kappa shape index (κ2) is 10.0. The van der Waals surface area contributed by atoms with Gasteiger partial charge in [-0.1, -0.05) is 17.7 Å². The summed E-state index contributed by atoms with van der Waals surface area (Å²) in [5.41, 5.74) is 10.3. The molecule has 0 atom stereocenters. The molecule has 2 saturated heterocycles. The molecule has 3 aromatic rings. The lowest BCUT2D eigenvalue weighted by Gasteiger charge is -2.34. The third-order valence-corrected chi connectivity index (χ3v) is 7.47. The molecular formula is C26H32ClN5O3. The first-order valence-corrected chi connectivity index (χ1v) is 12.6. The first kappa shape index (κ1) is 23.9. The monoisotopic (exact) mass is 497 g/mol. The van der Waals surface area contributed by atoms with Crippen LogP contribution < -0.4 is 20.3 Å². The molecule has 0 aliphatic carbocycles. The summed E-state index contributed by atoms with van der Waals surface area (Å²) in [6, 6.07) is 9.87. The summed E-state index contributed by atoms with van der Waals surface area (Å²) in [6.45, 7) is 2.97. The van der Waals surface area contributed by atoms with Crippen LogP contribution in [0.3, 0.4) is 0 Å². The van der Waals surface area contributed by atoms with Crippen LogP contribution in [0.1, 0.15) is 36.9 Å². The van der Waals surface area contributed by atoms with E-state index in [0.717, 1.165) is 72.6 Å². The van der Waals surface area contributed by atoms with E-state index in [4.69, 9.17) is 22.1 Å². The lowest BCUT2D eigenvalue weighted by molar-refractivity contribution is 0.145. The molecule has 0 bridgehead atoms. The number of hydrogen-bond acceptors (Lipinski definition) is 8. The zero-order chi connectivity index (χ0) is 24.5. The van der Waals surface area contributed by atoms with E-state index in [-0.39, 0.29) is 12.2 Å². The number of halogens is 1. The first-order chi connectivity index (χ1) is 16.9. The van der Waals surface area contributed by atoms with Gasteiger partial charge < -0.3 is 30.5 Å². The number of piperidine rings is 2. The zero-order valence-corrected chi connectivity index (χ0v) is 20.7. The maximum atomic E-state index is 9.97. The Labute approximate surface area is 210 Å². The van der Waals surface area contributed by atoms with E-state index >= 15 is 0 Å². The van der Waals surface area contributed by atoms with Gasteiger partial charge in [0.05, 0.1) is 41.4 Å². The van der Waals surface area contributed by atoms with Crippen LogP contribution in [0, 0.1) is 0 Å². The van der Waals surface area contributed by atoms with E-state index in [2.05, 4.69) is 32.1 Å². The SMILES string of the molecule is COc1ccc(Cc2nnc(N3CCC(O)CC3)c3ccc(N4CCC(O)CC4)c(N)c23)cc1Cl. The van der Waals surface area contributed by atoms with Crippen molar-refractivity contribution in [3.05, 3.63) is 46.6 Å². The van der Waals surface area contributed by atoms with E-state index in [1.54, 1.807) is 7.11 Å². The van der Waals surface area contributed by atoms with Gasteiger partial charge in [-0.2, -0.15) is 5.10 Å². The molecule has 35 heavy (non-hydrogen) atoms. The standard InChI is InChI=1S/C26H32ClN5O3/c1-35-23-5-2-16(14-20(23)27)15-21-24-19(26(30-29-21)32-12-8-18(34)9-13-32)3-4-22(25(24)28)31-10-6-17(33)7-11-31/h2-5,14,17-18,33-34H,6-13,15,28H2,1H3. The molecule has 0 saturated carbocycles. The number of aromatic nitrogens is 2. The van der Waals surface area contributed by atoms with Gasteiger partial charge in [-0.3, -0.25) is 0 Å². The average molecular weight is 498 g/mol. The number of aliphatic hydroxyl groups is 2. The third-order valence-electron chi connectivity index (χ3n) is 7.17. The fourth-order valence-electron chi connectivity index (χ4n) is 5.15. The fourth-order valence-corrected chi connectivity index (χ4v) is 5.43. The maximum Gasteiger partial charge on any atom is 0.159 e. The lowest BCUT2D eigenvalue weighted by Crippen LogP contribution is -2.37. The van der Waals surface area contributed by atoms with Crippen LogP contribution in [0.25, 0.3) is 10.8 Å². The average Bonchev–Trinajstić information content (AvgIpc) is 2.86. The molecule has 1 aromatic heterocycles. The molecule has 3 heterocycles. The maximum absolute atomic E-state index is 9.97. The van der Waals surface area contributed by atoms with E-state index < -0.39 is 0 Å². The molecule has 0 amide bonds. The number of hydrogen-bond donors (Lipinski definition) is 3. The minimum atomic E-state index is -0.268. The van der Waals surface area contributed by atoms with E-state index in [1.807, 2.05) is 18.2 Å². The van der Waals surface area contributed by atoms with Gasteiger partial charge in [-0.25, -0.2) is 0 Å². The number of anilines is 3. The molecule has 4 N–H and O–H groups in total. The van der Waals surface area contributed by atoms with Crippen molar-refractivity contribution >= 4 is 39.6 Å². The highest BCUT2D eigenvalue weighted by molar-refractivity contribution is 6.32. The Morgan fingerprint density at radius 2 is 1.63 bits per heavy atom. The normalized spacial score (nSPS) is 17.8. The van der Waals surface area contributed by atoms with Gasteiger partial charge in [0.2, 0.25) is 0 Å². The second-order valence-corrected chi connectivity index (χ2v) is 9.88. The van der Waals surface area contributed by atoms with Crippen LogP contribution in [0.4, 0.5) is 17.2 Å². The Bertz CT molecular complexity index is 1210. The van der Waals surface area contributed by atoms with Crippen molar-refractivity contribution in [1.29, 1.82) is 0 Å². The molecule has 0 unspecified atom stereocenters. The number of aliphatic hydroxyl groups excluding tert-OH is 2. The molecule has 2 fully saturated rings. The molecule has 5 rings (SSSR count). The summed E-state index contributed by atoms with van der Waals surface area (Å²) in [5.74, 6) is 1.43. The van der Waals surface area contributed by atoms with Crippen LogP contribution in [0.15, 0.2) is 30.3 Å². The Kier molecular flexibility index (Phi) is 6.86. The van der Waals surface area contributed by atoms with Gasteiger partial charge in [-0.05, 0) is 55.5 Å². The van der Waals surface area contributed by atoms with Crippen LogP contribution in [0.5, 0.6) is 5.75 Å². The highest BCUT2D eigenvalue weighted by atomic mass is 35.5. The number of rotatable bonds is 5. The van der Waals surface area contributed by atoms with Crippen molar-refractivity contribution in [1.82, 2.24) is 10.2 Å². The summed E-state index contributed by atoms with van der Waals surface area (Å²) in [7, 11) is 1.60. The molecule has 2 aromatic carbocycles. The van der Waals surface area contributed by atoms with E-state index in [0.29, 0.717) is 35.7 Å². The van der Waals surface area contributed by atoms with E-state index in [9.17, 15) is 10.2 Å². The lowest BCUT2D eigenvalue weighted by atomic mass is 9.99. The minimum Gasteiger partial charge on any atom is -0.495 e. The Hall–Kier alpha value is -2.81. The predicted molar refractivity (Wildman–Crippen MR) is 140 cm³/mol. The summed E-state index contributed by atoms with van der Waals surface area (Å²) in [6.07, 6.45) is 2.87. The number of ether oxygens (including phenoxy) is 1. The summed E-state index contributed by atoms with van der Waals surface area (Å²) >= 11 is 6.38. The highest BCUT2D eigenvalue weighted by Gasteiger charge is 2.25. The van der Waals surface area contributed by atoms with Crippen molar-refractivity contribution in [3.63, 3.8) is 0 Å². The number of fused-ring (bicyclic) bond motifs is 1. The largest absolute Gasteiger partial charge is 0.495 e. The van der Waals surface area contributed by atoms with Crippen LogP contribution in [-0.2, 0) is 6.42 Å². The summed E-state index contributed by atoms with van der Waals surface area (Å²) in [5, 5.41) is 31.6. The number of nitrogen functional groups attached to an aromatic ring is 1. The summed E-state index contributed by atoms with van der Waals surface area (Å²) in [4.78, 5) is 4.43. The smallest absolute Gasteiger partial charge is 0.159 e. The second-order valence-electron chi connectivity index (χ2n) is 9.47. The molecule has 0 radical (unpaired) electrons. The zero-order valence-electron chi connectivity index (χ0n) is 20.0. The van der Waals surface area contributed by atoms with Crippen molar-refractivity contribution in [2.24, 2.45) is 0 Å². The fraction of sp³-hybridized carbons (Fsp3) is 0.462. The number of methoxy groups -OCH3 is 1. The van der Waals surface area contributed by atoms with Crippen molar-refractivity contribution in [3.8, 4) is 5.75 Å². The van der Waals surface area contributed by atoms with Gasteiger partial charge >= 0.3 is 0 Å². The molecule has 0 spiro atoms. The summed E-state index contributed by atoms with van der Waals surface area (Å²) < 4.78 is 5.29. The van der Waals surface area contributed by atoms with E-state index in [1.165, 1.54) is 0 Å². The van der Waals surface area contributed by atoms with Crippen molar-refractivity contribution in [2.45, 2.75) is 44.3 Å². The quantitative estimate of drug-likeness (QED) is 0.460. The van der Waals surface area contributed by atoms with Crippen LogP contribution in [-0.4, -0.2) is 65.9 Å². The number of benzene rings is 2. The topological polar surface area (TPSA) is 108 Å². The van der Waals surface area contributed by atoms with Crippen molar-refractivity contribution < 1.29 is 14.9 Å². The predicted octanol–water partition coefficient (Wildman–Crippen LogP) is 3.39. The third kappa shape index (κ3) is 4.83. The Balaban J connectivity index is 1.59. The molecular weight excluding hydrogens is 466 g/mol. The molecule has 2 aliphatic rings. The Morgan fingerprint density at radius 3 is 2.26 bits per heavy atom. The minimum absolute atomic E-state index is 0.254. The van der Waals surface area contributed by atoms with Gasteiger partial charge in [0.1, 0.15) is 5.75 Å². The Morgan fingerprint density at radius 1 is 0.971 bits per heavy atom. The molecule has 9 heteroatoms. The van der Waals surface area contributed by atoms with Gasteiger partial charge in [0.25, 0.3) is 0 Å². The van der Waals surface area contributed by atoms with Crippen LogP contribution in [0.2, 0.25) is 5.02 Å². The van der Waals surface area contributed by atoms with Crippen LogP contribution >= 0.6 is 11.6 Å². The van der Waals surface area contributed by atoms with Gasteiger partial charge in [0.15, 0.2) is 5.82 Å². The molecule has 8 nitrogen and oxygen atoms in total. The first-order valence-electron chi connectivity index (χ1n) is 12.2.